The SMILES string of the molecule is CC(C)NCCc1ncc(-c2cccc3ccccc23)[nH]1. The topological polar surface area (TPSA) is 40.7 Å². The highest BCUT2D eigenvalue weighted by molar-refractivity contribution is 5.95. The molecule has 1 aromatic heterocycles. The van der Waals surface area contributed by atoms with Gasteiger partial charge in [-0.2, -0.15) is 0 Å². The van der Waals surface area contributed by atoms with Crippen LogP contribution >= 0.6 is 0 Å². The molecule has 0 bridgehead atoms. The van der Waals surface area contributed by atoms with Gasteiger partial charge in [0.05, 0.1) is 11.9 Å². The molecule has 3 nitrogen and oxygen atoms in total. The number of nitrogens with zero attached hydrogens (tertiary/aromatic N) is 1. The van der Waals surface area contributed by atoms with Crippen molar-refractivity contribution in [1.29, 1.82) is 0 Å². The second-order valence-electron chi connectivity index (χ2n) is 5.63. The lowest BCUT2D eigenvalue weighted by Crippen LogP contribution is -2.25. The van der Waals surface area contributed by atoms with Crippen LogP contribution in [0.3, 0.4) is 0 Å². The van der Waals surface area contributed by atoms with Gasteiger partial charge in [-0.1, -0.05) is 56.3 Å². The maximum Gasteiger partial charge on any atom is 0.107 e. The van der Waals surface area contributed by atoms with Crippen molar-refractivity contribution in [2.24, 2.45) is 0 Å². The van der Waals surface area contributed by atoms with Gasteiger partial charge < -0.3 is 10.3 Å². The number of imidazole rings is 1. The fourth-order valence-corrected chi connectivity index (χ4v) is 2.57. The summed E-state index contributed by atoms with van der Waals surface area (Å²) in [7, 11) is 0. The number of aromatic nitrogens is 2. The first-order valence-corrected chi connectivity index (χ1v) is 7.49. The van der Waals surface area contributed by atoms with Gasteiger partial charge in [-0.15, -0.1) is 0 Å². The van der Waals surface area contributed by atoms with E-state index in [9.17, 15) is 0 Å². The van der Waals surface area contributed by atoms with Gasteiger partial charge in [0.1, 0.15) is 5.82 Å². The van der Waals surface area contributed by atoms with Gasteiger partial charge >= 0.3 is 0 Å². The zero-order valence-electron chi connectivity index (χ0n) is 12.6. The number of fused-ring (bicyclic) bond motifs is 1. The van der Waals surface area contributed by atoms with E-state index in [1.165, 1.54) is 16.3 Å². The highest BCUT2D eigenvalue weighted by Gasteiger charge is 2.07. The van der Waals surface area contributed by atoms with E-state index in [1.807, 2.05) is 6.20 Å². The third-order valence-corrected chi connectivity index (χ3v) is 3.62. The number of rotatable bonds is 5. The normalized spacial score (nSPS) is 11.4. The lowest BCUT2D eigenvalue weighted by atomic mass is 10.0. The molecule has 0 unspecified atom stereocenters. The summed E-state index contributed by atoms with van der Waals surface area (Å²) in [5.41, 5.74) is 2.30. The molecule has 3 rings (SSSR count). The largest absolute Gasteiger partial charge is 0.342 e. The zero-order chi connectivity index (χ0) is 14.7. The first-order valence-electron chi connectivity index (χ1n) is 7.49. The summed E-state index contributed by atoms with van der Waals surface area (Å²) >= 11 is 0. The molecule has 2 N–H and O–H groups in total. The van der Waals surface area contributed by atoms with Crippen LogP contribution in [0.5, 0.6) is 0 Å². The molecule has 0 saturated carbocycles. The summed E-state index contributed by atoms with van der Waals surface area (Å²) in [5.74, 6) is 1.03. The Hall–Kier alpha value is -2.13. The summed E-state index contributed by atoms with van der Waals surface area (Å²) in [6.45, 7) is 5.26. The van der Waals surface area contributed by atoms with Gasteiger partial charge in [-0.25, -0.2) is 4.98 Å². The first-order chi connectivity index (χ1) is 10.2. The first kappa shape index (κ1) is 13.8. The predicted octanol–water partition coefficient (Wildman–Crippen LogP) is 3.77. The fraction of sp³-hybridized carbons (Fsp3) is 0.278. The number of hydrogen-bond donors (Lipinski definition) is 2. The quantitative estimate of drug-likeness (QED) is 0.746. The van der Waals surface area contributed by atoms with E-state index < -0.39 is 0 Å². The van der Waals surface area contributed by atoms with Crippen molar-refractivity contribution < 1.29 is 0 Å². The summed E-state index contributed by atoms with van der Waals surface area (Å²) in [4.78, 5) is 7.94. The van der Waals surface area contributed by atoms with Crippen LogP contribution in [0, 0.1) is 0 Å². The Kier molecular flexibility index (Phi) is 4.02. The van der Waals surface area contributed by atoms with E-state index in [4.69, 9.17) is 0 Å². The molecule has 0 aliphatic heterocycles. The van der Waals surface area contributed by atoms with Gasteiger partial charge in [-0.05, 0) is 10.8 Å². The van der Waals surface area contributed by atoms with Crippen LogP contribution in [0.2, 0.25) is 0 Å². The minimum absolute atomic E-state index is 0.512. The minimum Gasteiger partial charge on any atom is -0.342 e. The highest BCUT2D eigenvalue weighted by Crippen LogP contribution is 2.27. The number of H-pyrrole nitrogens is 1. The van der Waals surface area contributed by atoms with Gasteiger partial charge in [0.2, 0.25) is 0 Å². The lowest BCUT2D eigenvalue weighted by molar-refractivity contribution is 0.584. The van der Waals surface area contributed by atoms with Crippen LogP contribution in [0.15, 0.2) is 48.7 Å². The third-order valence-electron chi connectivity index (χ3n) is 3.62. The Morgan fingerprint density at radius 2 is 1.90 bits per heavy atom. The monoisotopic (exact) mass is 279 g/mol. The van der Waals surface area contributed by atoms with Crippen LogP contribution in [0.4, 0.5) is 0 Å². The average Bonchev–Trinajstić information content (AvgIpc) is 2.95. The number of nitrogens with one attached hydrogen (secondary N) is 2. The van der Waals surface area contributed by atoms with Crippen LogP contribution < -0.4 is 5.32 Å². The summed E-state index contributed by atoms with van der Waals surface area (Å²) in [6.07, 6.45) is 2.86. The van der Waals surface area contributed by atoms with Crippen LogP contribution in [0.1, 0.15) is 19.7 Å². The summed E-state index contributed by atoms with van der Waals surface area (Å²) < 4.78 is 0. The third kappa shape index (κ3) is 3.14. The Labute approximate surface area is 125 Å². The summed E-state index contributed by atoms with van der Waals surface area (Å²) in [5, 5.41) is 5.93. The van der Waals surface area contributed by atoms with Gasteiger partial charge in [0, 0.05) is 24.6 Å². The number of benzene rings is 2. The van der Waals surface area contributed by atoms with E-state index in [-0.39, 0.29) is 0 Å². The molecule has 3 heteroatoms. The molecule has 2 aromatic carbocycles. The van der Waals surface area contributed by atoms with Crippen molar-refractivity contribution in [3.05, 3.63) is 54.5 Å². The van der Waals surface area contributed by atoms with Crippen LogP contribution in [0.25, 0.3) is 22.0 Å². The van der Waals surface area contributed by atoms with Crippen LogP contribution in [-0.2, 0) is 6.42 Å². The van der Waals surface area contributed by atoms with Gasteiger partial charge in [0.25, 0.3) is 0 Å². The molecular weight excluding hydrogens is 258 g/mol. The van der Waals surface area contributed by atoms with Crippen molar-refractivity contribution in [2.75, 3.05) is 6.54 Å². The standard InChI is InChI=1S/C18H21N3/c1-13(2)19-11-10-18-20-12-17(21-18)16-9-5-7-14-6-3-4-8-15(14)16/h3-9,12-13,19H,10-11H2,1-2H3,(H,20,21). The lowest BCUT2D eigenvalue weighted by Gasteiger charge is -2.06. The average molecular weight is 279 g/mol. The Morgan fingerprint density at radius 1 is 1.10 bits per heavy atom. The van der Waals surface area contributed by atoms with E-state index >= 15 is 0 Å². The van der Waals surface area contributed by atoms with Crippen molar-refractivity contribution >= 4 is 10.8 Å². The molecule has 0 atom stereocenters. The van der Waals surface area contributed by atoms with Crippen molar-refractivity contribution in [2.45, 2.75) is 26.3 Å². The molecule has 0 radical (unpaired) electrons. The van der Waals surface area contributed by atoms with E-state index in [2.05, 4.69) is 71.6 Å². The van der Waals surface area contributed by atoms with Crippen molar-refractivity contribution in [3.63, 3.8) is 0 Å². The molecule has 0 spiro atoms. The molecule has 1 heterocycles. The Balaban J connectivity index is 1.85. The fourth-order valence-electron chi connectivity index (χ4n) is 2.57. The van der Waals surface area contributed by atoms with Gasteiger partial charge in [-0.3, -0.25) is 0 Å². The molecule has 0 amide bonds. The second kappa shape index (κ2) is 6.10. The van der Waals surface area contributed by atoms with Crippen molar-refractivity contribution in [3.8, 4) is 11.3 Å². The van der Waals surface area contributed by atoms with Crippen LogP contribution in [-0.4, -0.2) is 22.6 Å². The molecule has 3 aromatic rings. The second-order valence-corrected chi connectivity index (χ2v) is 5.63. The van der Waals surface area contributed by atoms with E-state index in [1.54, 1.807) is 0 Å². The molecule has 0 fully saturated rings. The minimum atomic E-state index is 0.512. The maximum absolute atomic E-state index is 4.50. The van der Waals surface area contributed by atoms with Gasteiger partial charge in [0.15, 0.2) is 0 Å². The van der Waals surface area contributed by atoms with Crippen molar-refractivity contribution in [1.82, 2.24) is 15.3 Å². The molecule has 21 heavy (non-hydrogen) atoms. The molecule has 108 valence electrons. The van der Waals surface area contributed by atoms with E-state index in [0.717, 1.165) is 24.5 Å². The Morgan fingerprint density at radius 3 is 2.76 bits per heavy atom. The molecule has 0 aliphatic carbocycles. The van der Waals surface area contributed by atoms with E-state index in [0.29, 0.717) is 6.04 Å². The molecule has 0 saturated heterocycles. The predicted molar refractivity (Wildman–Crippen MR) is 88.4 cm³/mol. The molecular formula is C18H21N3. The smallest absolute Gasteiger partial charge is 0.107 e. The summed E-state index contributed by atoms with van der Waals surface area (Å²) in [6, 6.07) is 15.3. The number of aromatic amines is 1. The Bertz CT molecular complexity index is 723. The zero-order valence-corrected chi connectivity index (χ0v) is 12.6. The highest BCUT2D eigenvalue weighted by atomic mass is 14.9. The molecule has 0 aliphatic rings. The number of hydrogen-bond acceptors (Lipinski definition) is 2. The maximum atomic E-state index is 4.50.